The molecule has 4 heteroatoms. The van der Waals surface area contributed by atoms with Gasteiger partial charge in [0.1, 0.15) is 0 Å². The van der Waals surface area contributed by atoms with Gasteiger partial charge in [0.25, 0.3) is 0 Å². The van der Waals surface area contributed by atoms with E-state index in [0.29, 0.717) is 6.04 Å². The molecule has 24 heavy (non-hydrogen) atoms. The zero-order valence-electron chi connectivity index (χ0n) is 14.5. The van der Waals surface area contributed by atoms with E-state index in [1.54, 1.807) is 0 Å². The highest BCUT2D eigenvalue weighted by Crippen LogP contribution is 2.38. The summed E-state index contributed by atoms with van der Waals surface area (Å²) in [6, 6.07) is 11.5. The van der Waals surface area contributed by atoms with Crippen LogP contribution in [0.15, 0.2) is 24.3 Å². The van der Waals surface area contributed by atoms with Crippen molar-refractivity contribution in [3.05, 3.63) is 35.4 Å². The fourth-order valence-corrected chi connectivity index (χ4v) is 4.22. The fraction of sp³-hybridized carbons (Fsp3) is 0.650. The Labute approximate surface area is 144 Å². The Hall–Kier alpha value is -1.41. The Kier molecular flexibility index (Phi) is 4.34. The number of nitrogens with zero attached hydrogens (tertiary/aromatic N) is 2. The standard InChI is InChI=1S/C20H27N3O/c1-15-10-19(15)22-18-11-20(24-14-18)6-8-23(9-7-20)13-17-4-2-16(12-21)3-5-17/h2-5,15,18-19,22H,6-11,13-14H2,1H3/t15-,18?,19-/m1/s1. The zero-order chi connectivity index (χ0) is 16.6. The molecular weight excluding hydrogens is 298 g/mol. The molecule has 0 radical (unpaired) electrons. The van der Waals surface area contributed by atoms with Gasteiger partial charge in [-0.3, -0.25) is 4.90 Å². The predicted octanol–water partition coefficient (Wildman–Crippen LogP) is 2.68. The number of nitrogens with one attached hydrogen (secondary N) is 1. The van der Waals surface area contributed by atoms with Gasteiger partial charge in [0.2, 0.25) is 0 Å². The zero-order valence-corrected chi connectivity index (χ0v) is 14.5. The first-order valence-electron chi connectivity index (χ1n) is 9.27. The highest BCUT2D eigenvalue weighted by Gasteiger charge is 2.44. The van der Waals surface area contributed by atoms with Gasteiger partial charge in [-0.15, -0.1) is 0 Å². The maximum atomic E-state index is 8.88. The van der Waals surface area contributed by atoms with E-state index >= 15 is 0 Å². The SMILES string of the molecule is C[C@@H]1C[C@H]1NC1COC2(CCN(Cc3ccc(C#N)cc3)CC2)C1. The number of piperidine rings is 1. The molecule has 1 saturated carbocycles. The van der Waals surface area contributed by atoms with Gasteiger partial charge in [0.05, 0.1) is 23.8 Å². The number of ether oxygens (including phenoxy) is 1. The lowest BCUT2D eigenvalue weighted by Crippen LogP contribution is -2.44. The summed E-state index contributed by atoms with van der Waals surface area (Å²) in [6.45, 7) is 6.39. The Bertz CT molecular complexity index is 613. The third-order valence-corrected chi connectivity index (χ3v) is 6.02. The van der Waals surface area contributed by atoms with Gasteiger partial charge in [0.15, 0.2) is 0 Å². The van der Waals surface area contributed by atoms with Gasteiger partial charge in [-0.05, 0) is 49.3 Å². The number of hydrogen-bond acceptors (Lipinski definition) is 4. The summed E-state index contributed by atoms with van der Waals surface area (Å²) < 4.78 is 6.26. The van der Waals surface area contributed by atoms with E-state index in [4.69, 9.17) is 10.00 Å². The summed E-state index contributed by atoms with van der Waals surface area (Å²) in [5.41, 5.74) is 2.15. The van der Waals surface area contributed by atoms with Crippen molar-refractivity contribution < 1.29 is 4.74 Å². The van der Waals surface area contributed by atoms with Crippen LogP contribution in [0.25, 0.3) is 0 Å². The second kappa shape index (κ2) is 6.48. The van der Waals surface area contributed by atoms with Crippen LogP contribution in [-0.2, 0) is 11.3 Å². The van der Waals surface area contributed by atoms with E-state index in [-0.39, 0.29) is 5.60 Å². The fourth-order valence-electron chi connectivity index (χ4n) is 4.22. The van der Waals surface area contributed by atoms with Crippen molar-refractivity contribution in [2.45, 2.75) is 56.8 Å². The normalized spacial score (nSPS) is 31.9. The van der Waals surface area contributed by atoms with E-state index in [0.717, 1.165) is 56.6 Å². The van der Waals surface area contributed by atoms with Crippen LogP contribution in [-0.4, -0.2) is 42.3 Å². The molecule has 0 bridgehead atoms. The lowest BCUT2D eigenvalue weighted by atomic mass is 9.87. The maximum absolute atomic E-state index is 8.88. The van der Waals surface area contributed by atoms with Crippen LogP contribution in [0.2, 0.25) is 0 Å². The molecule has 4 nitrogen and oxygen atoms in total. The largest absolute Gasteiger partial charge is 0.373 e. The van der Waals surface area contributed by atoms with Crippen molar-refractivity contribution in [1.29, 1.82) is 5.26 Å². The highest BCUT2D eigenvalue weighted by atomic mass is 16.5. The van der Waals surface area contributed by atoms with Gasteiger partial charge in [-0.1, -0.05) is 19.1 Å². The maximum Gasteiger partial charge on any atom is 0.0991 e. The third kappa shape index (κ3) is 3.49. The van der Waals surface area contributed by atoms with Crippen LogP contribution in [0.1, 0.15) is 43.7 Å². The molecule has 4 rings (SSSR count). The average Bonchev–Trinajstić information content (AvgIpc) is 3.15. The number of likely N-dealkylation sites (tertiary alicyclic amines) is 1. The summed E-state index contributed by atoms with van der Waals surface area (Å²) in [5.74, 6) is 0.857. The Morgan fingerprint density at radius 1 is 1.29 bits per heavy atom. The molecule has 1 aromatic carbocycles. The number of rotatable bonds is 4. The molecule has 3 aliphatic rings. The Balaban J connectivity index is 1.26. The van der Waals surface area contributed by atoms with Crippen molar-refractivity contribution in [1.82, 2.24) is 10.2 Å². The predicted molar refractivity (Wildman–Crippen MR) is 93.5 cm³/mol. The minimum Gasteiger partial charge on any atom is -0.373 e. The molecule has 3 fully saturated rings. The highest BCUT2D eigenvalue weighted by molar-refractivity contribution is 5.31. The summed E-state index contributed by atoms with van der Waals surface area (Å²) in [6.07, 6.45) is 4.80. The summed E-state index contributed by atoms with van der Waals surface area (Å²) in [7, 11) is 0. The van der Waals surface area contributed by atoms with Crippen molar-refractivity contribution in [2.75, 3.05) is 19.7 Å². The van der Waals surface area contributed by atoms with Gasteiger partial charge in [-0.2, -0.15) is 5.26 Å². The van der Waals surface area contributed by atoms with Crippen LogP contribution < -0.4 is 5.32 Å². The second-order valence-corrected chi connectivity index (χ2v) is 7.97. The molecule has 1 N–H and O–H groups in total. The number of hydrogen-bond donors (Lipinski definition) is 1. The van der Waals surface area contributed by atoms with Crippen LogP contribution >= 0.6 is 0 Å². The quantitative estimate of drug-likeness (QED) is 0.925. The molecule has 2 saturated heterocycles. The molecule has 3 atom stereocenters. The van der Waals surface area contributed by atoms with E-state index in [1.807, 2.05) is 12.1 Å². The van der Waals surface area contributed by atoms with Gasteiger partial charge in [0, 0.05) is 31.7 Å². The van der Waals surface area contributed by atoms with E-state index < -0.39 is 0 Å². The summed E-state index contributed by atoms with van der Waals surface area (Å²) in [5, 5.41) is 12.7. The molecule has 2 heterocycles. The smallest absolute Gasteiger partial charge is 0.0991 e. The lowest BCUT2D eigenvalue weighted by molar-refractivity contribution is -0.0449. The van der Waals surface area contributed by atoms with Crippen LogP contribution in [0.3, 0.4) is 0 Å². The second-order valence-electron chi connectivity index (χ2n) is 7.97. The average molecular weight is 325 g/mol. The van der Waals surface area contributed by atoms with Crippen molar-refractivity contribution in [2.24, 2.45) is 5.92 Å². The van der Waals surface area contributed by atoms with Gasteiger partial charge >= 0.3 is 0 Å². The molecule has 128 valence electrons. The van der Waals surface area contributed by atoms with Crippen molar-refractivity contribution >= 4 is 0 Å². The van der Waals surface area contributed by atoms with Gasteiger partial charge in [-0.25, -0.2) is 0 Å². The first-order valence-corrected chi connectivity index (χ1v) is 9.27. The van der Waals surface area contributed by atoms with Crippen LogP contribution in [0, 0.1) is 17.2 Å². The van der Waals surface area contributed by atoms with E-state index in [9.17, 15) is 0 Å². The van der Waals surface area contributed by atoms with Crippen LogP contribution in [0.4, 0.5) is 0 Å². The molecule has 1 aromatic rings. The third-order valence-electron chi connectivity index (χ3n) is 6.02. The number of benzene rings is 1. The van der Waals surface area contributed by atoms with Crippen molar-refractivity contribution in [3.8, 4) is 6.07 Å². The summed E-state index contributed by atoms with van der Waals surface area (Å²) in [4.78, 5) is 2.51. The number of nitriles is 1. The van der Waals surface area contributed by atoms with Gasteiger partial charge < -0.3 is 10.1 Å². The molecule has 0 amide bonds. The monoisotopic (exact) mass is 325 g/mol. The molecule has 1 unspecified atom stereocenters. The molecule has 2 aliphatic heterocycles. The topological polar surface area (TPSA) is 48.3 Å². The first kappa shape index (κ1) is 16.1. The van der Waals surface area contributed by atoms with E-state index in [2.05, 4.69) is 35.3 Å². The Morgan fingerprint density at radius 3 is 2.62 bits per heavy atom. The summed E-state index contributed by atoms with van der Waals surface area (Å²) >= 11 is 0. The van der Waals surface area contributed by atoms with E-state index in [1.165, 1.54) is 18.4 Å². The minimum absolute atomic E-state index is 0.122. The van der Waals surface area contributed by atoms with Crippen molar-refractivity contribution in [3.63, 3.8) is 0 Å². The molecular formula is C20H27N3O. The molecule has 1 spiro atoms. The molecule has 0 aromatic heterocycles. The first-order chi connectivity index (χ1) is 11.7. The lowest BCUT2D eigenvalue weighted by Gasteiger charge is -2.38. The van der Waals surface area contributed by atoms with Crippen LogP contribution in [0.5, 0.6) is 0 Å². The Morgan fingerprint density at radius 2 is 2.00 bits per heavy atom. The minimum atomic E-state index is 0.122. The molecule has 1 aliphatic carbocycles.